The smallest absolute Gasteiger partial charge is 0.505 e. The largest absolute Gasteiger partial charge is 1.00 e. The van der Waals surface area contributed by atoms with Crippen molar-refractivity contribution in [3.05, 3.63) is 71.8 Å². The van der Waals surface area contributed by atoms with Gasteiger partial charge in [-0.05, 0) is 17.5 Å². The maximum Gasteiger partial charge on any atom is 1.00 e. The number of ketones is 1. The minimum Gasteiger partial charge on any atom is -0.505 e. The molecular weight excluding hydrogens is 583 g/mol. The second-order valence-corrected chi connectivity index (χ2v) is 9.54. The van der Waals surface area contributed by atoms with E-state index < -0.39 is 41.6 Å². The fraction of sp³-hybridized carbons (Fsp3) is 0. The number of anilines is 1. The van der Waals surface area contributed by atoms with Gasteiger partial charge in [0.25, 0.3) is 20.2 Å². The van der Waals surface area contributed by atoms with Crippen LogP contribution in [0.1, 0.15) is 11.1 Å². The molecule has 0 aromatic heterocycles. The summed E-state index contributed by atoms with van der Waals surface area (Å²) in [6.45, 7) is 0. The SMILES string of the molecule is O.O.O.O=C1C=C(S(=O)(=O)O)c2ccccc2/C1=N/Nc1ccc2cccc(S(=O)(=O)O)c2c1O.[Cr].[Na+]. The minimum absolute atomic E-state index is 0. The van der Waals surface area contributed by atoms with E-state index in [-0.39, 0.29) is 91.3 Å². The van der Waals surface area contributed by atoms with Gasteiger partial charge in [0.2, 0.25) is 5.78 Å². The van der Waals surface area contributed by atoms with Gasteiger partial charge in [-0.3, -0.25) is 19.3 Å². The minimum atomic E-state index is -4.67. The van der Waals surface area contributed by atoms with Crippen LogP contribution in [0.2, 0.25) is 0 Å². The van der Waals surface area contributed by atoms with Crippen molar-refractivity contribution < 1.29 is 99.2 Å². The molecule has 0 atom stereocenters. The fourth-order valence-corrected chi connectivity index (χ4v) is 4.81. The van der Waals surface area contributed by atoms with Crippen LogP contribution in [0.4, 0.5) is 5.69 Å². The molecule has 3 aromatic rings. The number of carbonyl (C=O) groups excluding carboxylic acids is 1. The third-order valence-corrected chi connectivity index (χ3v) is 6.56. The summed E-state index contributed by atoms with van der Waals surface area (Å²) in [5, 5.41) is 14.8. The van der Waals surface area contributed by atoms with Crippen LogP contribution in [-0.4, -0.2) is 59.0 Å². The molecule has 17 heteroatoms. The van der Waals surface area contributed by atoms with Gasteiger partial charge in [0, 0.05) is 40.0 Å². The van der Waals surface area contributed by atoms with Crippen LogP contribution in [0, 0.1) is 0 Å². The van der Waals surface area contributed by atoms with E-state index in [0.717, 1.165) is 12.1 Å². The summed E-state index contributed by atoms with van der Waals surface area (Å²) in [5.41, 5.74) is 2.39. The van der Waals surface area contributed by atoms with Gasteiger partial charge in [-0.1, -0.05) is 42.5 Å². The molecule has 0 bridgehead atoms. The summed E-state index contributed by atoms with van der Waals surface area (Å²) >= 11 is 0. The number of benzene rings is 3. The number of rotatable bonds is 4. The molecule has 13 nitrogen and oxygen atoms in total. The molecule has 0 amide bonds. The van der Waals surface area contributed by atoms with Crippen LogP contribution in [0.25, 0.3) is 15.7 Å². The number of hydrazone groups is 1. The monoisotopic (exact) mass is 603 g/mol. The topological polar surface area (TPSA) is 265 Å². The van der Waals surface area contributed by atoms with Crippen molar-refractivity contribution in [2.45, 2.75) is 4.90 Å². The zero-order valence-corrected chi connectivity index (χ0v) is 23.7. The first kappa shape index (κ1) is 37.0. The summed E-state index contributed by atoms with van der Waals surface area (Å²) in [4.78, 5) is 11.4. The van der Waals surface area contributed by atoms with Crippen molar-refractivity contribution in [1.82, 2.24) is 0 Å². The van der Waals surface area contributed by atoms with Gasteiger partial charge in [-0.25, -0.2) is 0 Å². The molecule has 10 N–H and O–H groups in total. The van der Waals surface area contributed by atoms with E-state index >= 15 is 0 Å². The standard InChI is InChI=1S/C20H14N2O8S2.Cr.Na.3H2O/c23-15-10-17(32(28,29)30)12-5-1-2-6-13(12)19(15)22-21-14-9-8-11-4-3-7-16(31(25,26)27)18(11)20(14)24;;;;;/h1-10,21,24H,(H,25,26,27)(H,28,29,30);;;3*1H2/q;;+1;;;/b22-19-;;;;;. The molecule has 0 saturated carbocycles. The third-order valence-electron chi connectivity index (χ3n) is 4.77. The molecule has 37 heavy (non-hydrogen) atoms. The third kappa shape index (κ3) is 7.24. The molecule has 1 aliphatic rings. The maximum absolute atomic E-state index is 12.5. The Bertz CT molecular complexity index is 1590. The van der Waals surface area contributed by atoms with Crippen LogP contribution in [-0.2, 0) is 42.4 Å². The Kier molecular flexibility index (Phi) is 13.6. The number of nitrogens with zero attached hydrogens (tertiary/aromatic N) is 1. The quantitative estimate of drug-likeness (QED) is 0.102. The maximum atomic E-state index is 12.5. The Hall–Kier alpha value is -2.17. The van der Waals surface area contributed by atoms with E-state index in [0.29, 0.717) is 5.39 Å². The Labute approximate surface area is 243 Å². The number of phenols is 1. The average molecular weight is 604 g/mol. The number of carbonyl (C=O) groups is 1. The predicted molar refractivity (Wildman–Crippen MR) is 127 cm³/mol. The first-order valence-corrected chi connectivity index (χ1v) is 11.8. The predicted octanol–water partition coefficient (Wildman–Crippen LogP) is -3.05. The number of hydrogen-bond donors (Lipinski definition) is 4. The molecular formula is C20H20CrN2NaO11S2+. The Morgan fingerprint density at radius 3 is 1.95 bits per heavy atom. The summed E-state index contributed by atoms with van der Waals surface area (Å²) in [6.07, 6.45) is 0.731. The molecule has 0 heterocycles. The normalized spacial score (nSPS) is 13.4. The van der Waals surface area contributed by atoms with E-state index in [1.807, 2.05) is 0 Å². The summed E-state index contributed by atoms with van der Waals surface area (Å²) in [5.74, 6) is -1.35. The van der Waals surface area contributed by atoms with Gasteiger partial charge in [-0.2, -0.15) is 21.9 Å². The number of phenolic OH excluding ortho intramolecular Hbond substituents is 1. The number of nitrogens with one attached hydrogen (secondary N) is 1. The van der Waals surface area contributed by atoms with Crippen molar-refractivity contribution >= 4 is 53.1 Å². The Morgan fingerprint density at radius 2 is 1.38 bits per heavy atom. The van der Waals surface area contributed by atoms with Gasteiger partial charge < -0.3 is 21.5 Å². The van der Waals surface area contributed by atoms with Gasteiger partial charge in [-0.15, -0.1) is 0 Å². The first-order chi connectivity index (χ1) is 15.0. The second-order valence-electron chi connectivity index (χ2n) is 6.76. The van der Waals surface area contributed by atoms with Crippen molar-refractivity contribution in [3.8, 4) is 5.75 Å². The van der Waals surface area contributed by atoms with E-state index in [1.54, 1.807) is 6.07 Å². The van der Waals surface area contributed by atoms with E-state index in [4.69, 9.17) is 0 Å². The number of fused-ring (bicyclic) bond motifs is 2. The molecule has 1 aliphatic carbocycles. The summed E-state index contributed by atoms with van der Waals surface area (Å²) in [7, 11) is -9.31. The van der Waals surface area contributed by atoms with Crippen LogP contribution >= 0.6 is 0 Å². The molecule has 3 aromatic carbocycles. The van der Waals surface area contributed by atoms with Gasteiger partial charge >= 0.3 is 29.6 Å². The number of allylic oxidation sites excluding steroid dienone is 1. The van der Waals surface area contributed by atoms with Gasteiger partial charge in [0.1, 0.15) is 21.3 Å². The van der Waals surface area contributed by atoms with Crippen molar-refractivity contribution in [3.63, 3.8) is 0 Å². The van der Waals surface area contributed by atoms with E-state index in [9.17, 15) is 35.8 Å². The van der Waals surface area contributed by atoms with Crippen molar-refractivity contribution in [2.75, 3.05) is 5.43 Å². The molecule has 0 spiro atoms. The molecule has 0 fully saturated rings. The average Bonchev–Trinajstić information content (AvgIpc) is 2.72. The first-order valence-electron chi connectivity index (χ1n) is 8.87. The zero-order chi connectivity index (χ0) is 23.3. The molecule has 0 saturated heterocycles. The van der Waals surface area contributed by atoms with Crippen LogP contribution in [0.3, 0.4) is 0 Å². The van der Waals surface area contributed by atoms with E-state index in [1.165, 1.54) is 42.5 Å². The summed E-state index contributed by atoms with van der Waals surface area (Å²) < 4.78 is 65.5. The summed E-state index contributed by atoms with van der Waals surface area (Å²) in [6, 6.07) is 12.8. The number of hydrogen-bond acceptors (Lipinski definition) is 8. The molecule has 0 unspecified atom stereocenters. The van der Waals surface area contributed by atoms with Gasteiger partial charge in [0.15, 0.2) is 0 Å². The fourth-order valence-electron chi connectivity index (χ4n) is 3.38. The molecule has 0 radical (unpaired) electrons. The van der Waals surface area contributed by atoms with Crippen molar-refractivity contribution in [1.29, 1.82) is 0 Å². The number of aromatic hydroxyl groups is 1. The Morgan fingerprint density at radius 1 is 0.784 bits per heavy atom. The molecule has 4 rings (SSSR count). The van der Waals surface area contributed by atoms with Crippen LogP contribution in [0.15, 0.2) is 70.7 Å². The van der Waals surface area contributed by atoms with Gasteiger partial charge in [0.05, 0.1) is 5.69 Å². The zero-order valence-electron chi connectivity index (χ0n) is 18.8. The van der Waals surface area contributed by atoms with E-state index in [2.05, 4.69) is 10.5 Å². The van der Waals surface area contributed by atoms with Crippen LogP contribution < -0.4 is 35.0 Å². The Balaban J connectivity index is 0. The van der Waals surface area contributed by atoms with Crippen molar-refractivity contribution in [2.24, 2.45) is 5.10 Å². The van der Waals surface area contributed by atoms with Crippen LogP contribution in [0.5, 0.6) is 5.75 Å². The molecule has 194 valence electrons. The molecule has 0 aliphatic heterocycles. The second kappa shape index (κ2) is 13.6.